The number of hydrogen-bond donors (Lipinski definition) is 2. The zero-order chi connectivity index (χ0) is 22.7. The predicted octanol–water partition coefficient (Wildman–Crippen LogP) is 4.91. The number of anilines is 1. The number of thiocarbonyl (C=S) groups is 1. The van der Waals surface area contributed by atoms with Crippen LogP contribution in [0.5, 0.6) is 11.5 Å². The Balaban J connectivity index is 1.45. The van der Waals surface area contributed by atoms with Crippen molar-refractivity contribution in [1.29, 1.82) is 0 Å². The predicted molar refractivity (Wildman–Crippen MR) is 137 cm³/mol. The van der Waals surface area contributed by atoms with Crippen molar-refractivity contribution < 1.29 is 9.47 Å². The van der Waals surface area contributed by atoms with Crippen molar-refractivity contribution >= 4 is 34.8 Å². The molecule has 0 bridgehead atoms. The van der Waals surface area contributed by atoms with E-state index in [9.17, 15) is 0 Å². The molecule has 2 fully saturated rings. The first-order valence-corrected chi connectivity index (χ1v) is 12.8. The van der Waals surface area contributed by atoms with Gasteiger partial charge in [0.05, 0.1) is 14.2 Å². The van der Waals surface area contributed by atoms with Gasteiger partial charge in [0.25, 0.3) is 0 Å². The molecular weight excluding hydrogens is 438 g/mol. The molecular formula is C25H33N3O2S2. The van der Waals surface area contributed by atoms with E-state index in [2.05, 4.69) is 65.2 Å². The second-order valence-corrected chi connectivity index (χ2v) is 10.1. The number of nitrogens with zero attached hydrogens (tertiary/aromatic N) is 1. The molecule has 0 aromatic heterocycles. The minimum Gasteiger partial charge on any atom is -0.493 e. The van der Waals surface area contributed by atoms with Crippen molar-refractivity contribution in [3.8, 4) is 11.5 Å². The van der Waals surface area contributed by atoms with Gasteiger partial charge >= 0.3 is 0 Å². The summed E-state index contributed by atoms with van der Waals surface area (Å²) in [5, 5.41) is 7.63. The number of rotatable bonds is 6. The highest BCUT2D eigenvalue weighted by Gasteiger charge is 2.50. The molecule has 0 spiro atoms. The highest BCUT2D eigenvalue weighted by molar-refractivity contribution is 7.98. The normalized spacial score (nSPS) is 25.1. The lowest BCUT2D eigenvalue weighted by Crippen LogP contribution is -2.52. The third-order valence-electron chi connectivity index (χ3n) is 7.17. The van der Waals surface area contributed by atoms with Crippen LogP contribution in [0.3, 0.4) is 0 Å². The largest absolute Gasteiger partial charge is 0.493 e. The summed E-state index contributed by atoms with van der Waals surface area (Å²) in [6, 6.07) is 15.7. The van der Waals surface area contributed by atoms with Gasteiger partial charge in [0.15, 0.2) is 16.6 Å². The summed E-state index contributed by atoms with van der Waals surface area (Å²) < 4.78 is 11.1. The number of ether oxygens (including phenoxy) is 2. The molecule has 5 nitrogen and oxygen atoms in total. The van der Waals surface area contributed by atoms with Gasteiger partial charge in [-0.2, -0.15) is 0 Å². The summed E-state index contributed by atoms with van der Waals surface area (Å²) in [6.07, 6.45) is 6.53. The Labute approximate surface area is 201 Å². The van der Waals surface area contributed by atoms with Crippen LogP contribution in [0, 0.1) is 0 Å². The van der Waals surface area contributed by atoms with E-state index in [1.165, 1.54) is 16.9 Å². The van der Waals surface area contributed by atoms with Crippen LogP contribution in [0.15, 0.2) is 47.4 Å². The first-order valence-electron chi connectivity index (χ1n) is 11.1. The SMILES string of the molecule is COc1ccc(C23CCC(NC(=S)Nc4ccc(SC)cc4)CC2N(C)CC3)cc1OC. The third kappa shape index (κ3) is 4.56. The van der Waals surface area contributed by atoms with Crippen LogP contribution in [-0.2, 0) is 5.41 Å². The fourth-order valence-corrected chi connectivity index (χ4v) is 6.11. The Bertz CT molecular complexity index is 953. The number of fused-ring (bicyclic) bond motifs is 1. The Morgan fingerprint density at radius 1 is 1.09 bits per heavy atom. The molecule has 2 N–H and O–H groups in total. The van der Waals surface area contributed by atoms with E-state index in [0.717, 1.165) is 43.0 Å². The molecule has 2 aromatic carbocycles. The summed E-state index contributed by atoms with van der Waals surface area (Å²) in [7, 11) is 5.65. The van der Waals surface area contributed by atoms with Crippen LogP contribution in [0.25, 0.3) is 0 Å². The number of benzene rings is 2. The molecule has 2 aliphatic rings. The molecule has 3 unspecified atom stereocenters. The molecule has 1 heterocycles. The molecule has 4 rings (SSSR count). The fraction of sp³-hybridized carbons (Fsp3) is 0.480. The number of nitrogens with one attached hydrogen (secondary N) is 2. The maximum Gasteiger partial charge on any atom is 0.170 e. The monoisotopic (exact) mass is 471 g/mol. The molecule has 1 aliphatic heterocycles. The lowest BCUT2D eigenvalue weighted by Gasteiger charge is -2.45. The quantitative estimate of drug-likeness (QED) is 0.459. The first-order chi connectivity index (χ1) is 15.5. The zero-order valence-corrected chi connectivity index (χ0v) is 20.9. The molecule has 0 radical (unpaired) electrons. The molecule has 1 saturated carbocycles. The second kappa shape index (κ2) is 9.89. The Kier molecular flexibility index (Phi) is 7.17. The maximum absolute atomic E-state index is 5.64. The number of likely N-dealkylation sites (N-methyl/N-ethyl adjacent to an activating group) is 1. The van der Waals surface area contributed by atoms with Gasteiger partial charge < -0.3 is 25.0 Å². The number of likely N-dealkylation sites (tertiary alicyclic amines) is 1. The average Bonchev–Trinajstić information content (AvgIpc) is 3.16. The van der Waals surface area contributed by atoms with Crippen molar-refractivity contribution in [2.24, 2.45) is 0 Å². The Hall–Kier alpha value is -1.96. The van der Waals surface area contributed by atoms with Gasteiger partial charge in [-0.3, -0.25) is 0 Å². The molecule has 1 saturated heterocycles. The van der Waals surface area contributed by atoms with E-state index < -0.39 is 0 Å². The molecule has 2 aromatic rings. The van der Waals surface area contributed by atoms with Gasteiger partial charge in [0.1, 0.15) is 0 Å². The van der Waals surface area contributed by atoms with E-state index in [1.54, 1.807) is 26.0 Å². The van der Waals surface area contributed by atoms with Gasteiger partial charge in [-0.25, -0.2) is 0 Å². The summed E-state index contributed by atoms with van der Waals surface area (Å²) in [4.78, 5) is 3.76. The molecule has 1 aliphatic carbocycles. The minimum atomic E-state index is 0.148. The second-order valence-electron chi connectivity index (χ2n) is 8.77. The highest BCUT2D eigenvalue weighted by atomic mass is 32.2. The highest BCUT2D eigenvalue weighted by Crippen LogP contribution is 2.49. The van der Waals surface area contributed by atoms with Crippen molar-refractivity contribution in [1.82, 2.24) is 10.2 Å². The summed E-state index contributed by atoms with van der Waals surface area (Å²) in [6.45, 7) is 1.11. The van der Waals surface area contributed by atoms with Crippen LogP contribution in [-0.4, -0.2) is 56.2 Å². The van der Waals surface area contributed by atoms with Crippen LogP contribution in [0.4, 0.5) is 5.69 Å². The lowest BCUT2D eigenvalue weighted by atomic mass is 9.65. The van der Waals surface area contributed by atoms with Gasteiger partial charge in [-0.15, -0.1) is 11.8 Å². The van der Waals surface area contributed by atoms with Crippen molar-refractivity contribution in [2.75, 3.05) is 39.4 Å². The van der Waals surface area contributed by atoms with Crippen molar-refractivity contribution in [3.05, 3.63) is 48.0 Å². The lowest BCUT2D eigenvalue weighted by molar-refractivity contribution is 0.161. The first kappa shape index (κ1) is 23.2. The van der Waals surface area contributed by atoms with Crippen molar-refractivity contribution in [3.63, 3.8) is 0 Å². The standard InChI is InChI=1S/C25H33N3O2S2/c1-28-14-13-25(17-5-10-21(29-2)22(15-17)30-3)12-11-19(16-23(25)28)27-24(31)26-18-6-8-20(32-4)9-7-18/h5-10,15,19,23H,11-14,16H2,1-4H3,(H2,26,27,31). The van der Waals surface area contributed by atoms with Crippen LogP contribution in [0.1, 0.15) is 31.2 Å². The number of methoxy groups -OCH3 is 2. The summed E-state index contributed by atoms with van der Waals surface area (Å²) >= 11 is 7.38. The van der Waals surface area contributed by atoms with E-state index >= 15 is 0 Å². The van der Waals surface area contributed by atoms with Gasteiger partial charge in [0.2, 0.25) is 0 Å². The van der Waals surface area contributed by atoms with E-state index in [4.69, 9.17) is 21.7 Å². The van der Waals surface area contributed by atoms with Gasteiger partial charge in [0, 0.05) is 28.1 Å². The average molecular weight is 472 g/mol. The number of hydrogen-bond acceptors (Lipinski definition) is 5. The van der Waals surface area contributed by atoms with E-state index in [1.807, 2.05) is 6.07 Å². The zero-order valence-electron chi connectivity index (χ0n) is 19.3. The maximum atomic E-state index is 5.64. The Morgan fingerprint density at radius 2 is 1.84 bits per heavy atom. The fourth-order valence-electron chi connectivity index (χ4n) is 5.42. The topological polar surface area (TPSA) is 45.8 Å². The van der Waals surface area contributed by atoms with Gasteiger partial charge in [-0.1, -0.05) is 6.07 Å². The summed E-state index contributed by atoms with van der Waals surface area (Å²) in [5.41, 5.74) is 2.53. The minimum absolute atomic E-state index is 0.148. The van der Waals surface area contributed by atoms with E-state index in [-0.39, 0.29) is 5.41 Å². The molecule has 3 atom stereocenters. The van der Waals surface area contributed by atoms with Crippen LogP contribution >= 0.6 is 24.0 Å². The molecule has 172 valence electrons. The third-order valence-corrected chi connectivity index (χ3v) is 8.13. The van der Waals surface area contributed by atoms with Crippen LogP contribution in [0.2, 0.25) is 0 Å². The Morgan fingerprint density at radius 3 is 2.53 bits per heavy atom. The molecule has 32 heavy (non-hydrogen) atoms. The number of thioether (sulfide) groups is 1. The molecule has 7 heteroatoms. The smallest absolute Gasteiger partial charge is 0.170 e. The molecule has 0 amide bonds. The summed E-state index contributed by atoms with van der Waals surface area (Å²) in [5.74, 6) is 1.60. The van der Waals surface area contributed by atoms with E-state index in [0.29, 0.717) is 17.2 Å². The van der Waals surface area contributed by atoms with Crippen molar-refractivity contribution in [2.45, 2.75) is 48.1 Å². The van der Waals surface area contributed by atoms with Crippen LogP contribution < -0.4 is 20.1 Å². The van der Waals surface area contributed by atoms with Gasteiger partial charge in [-0.05, 0) is 99.7 Å².